The summed E-state index contributed by atoms with van der Waals surface area (Å²) in [5.41, 5.74) is -1.70. The van der Waals surface area contributed by atoms with Gasteiger partial charge in [0, 0.05) is 29.6 Å². The highest BCUT2D eigenvalue weighted by molar-refractivity contribution is 7.14. The summed E-state index contributed by atoms with van der Waals surface area (Å²) >= 11 is 7.13. The fraction of sp³-hybridized carbons (Fsp3) is 0.273. The van der Waals surface area contributed by atoms with Gasteiger partial charge in [-0.05, 0) is 38.0 Å². The maximum Gasteiger partial charge on any atom is 0.419 e. The van der Waals surface area contributed by atoms with Gasteiger partial charge in [-0.1, -0.05) is 17.7 Å². The fourth-order valence-corrected chi connectivity index (χ4v) is 4.03. The highest BCUT2D eigenvalue weighted by Crippen LogP contribution is 2.36. The lowest BCUT2D eigenvalue weighted by molar-refractivity contribution is -0.140. The van der Waals surface area contributed by atoms with Crippen LogP contribution in [0.15, 0.2) is 35.8 Å². The Bertz CT molecular complexity index is 1240. The number of hydrogen-bond acceptors (Lipinski definition) is 6. The van der Waals surface area contributed by atoms with Gasteiger partial charge in [0.1, 0.15) is 11.6 Å². The largest absolute Gasteiger partial charge is 0.481 e. The number of pyridine rings is 1. The van der Waals surface area contributed by atoms with Crippen LogP contribution in [0.5, 0.6) is 0 Å². The molecule has 13 heteroatoms. The number of carboxylic acid groups (broad SMARTS) is 1. The number of halogens is 5. The monoisotopic (exact) mass is 530 g/mol. The number of aromatic nitrogens is 2. The van der Waals surface area contributed by atoms with Gasteiger partial charge in [-0.2, -0.15) is 13.2 Å². The van der Waals surface area contributed by atoms with Crippen molar-refractivity contribution in [1.82, 2.24) is 9.97 Å². The van der Waals surface area contributed by atoms with E-state index in [0.717, 1.165) is 17.4 Å². The van der Waals surface area contributed by atoms with E-state index >= 15 is 0 Å². The summed E-state index contributed by atoms with van der Waals surface area (Å²) in [5.74, 6) is -2.62. The molecule has 3 N–H and O–H groups in total. The summed E-state index contributed by atoms with van der Waals surface area (Å²) in [6.45, 7) is 1.84. The Kier molecular flexibility index (Phi) is 8.28. The number of carbonyl (C=O) groups is 2. The third kappa shape index (κ3) is 6.89. The van der Waals surface area contributed by atoms with Crippen molar-refractivity contribution in [2.75, 3.05) is 10.6 Å². The van der Waals surface area contributed by atoms with Crippen molar-refractivity contribution < 1.29 is 32.3 Å². The number of nitrogens with one attached hydrogen (secondary N) is 2. The minimum absolute atomic E-state index is 0.0468. The number of carboxylic acids is 1. The van der Waals surface area contributed by atoms with Gasteiger partial charge < -0.3 is 10.4 Å². The van der Waals surface area contributed by atoms with E-state index in [1.807, 2.05) is 6.92 Å². The molecule has 1 amide bonds. The van der Waals surface area contributed by atoms with E-state index in [9.17, 15) is 27.2 Å². The molecule has 0 aliphatic rings. The van der Waals surface area contributed by atoms with Crippen molar-refractivity contribution >= 4 is 45.8 Å². The normalized spacial score (nSPS) is 12.3. The van der Waals surface area contributed by atoms with E-state index in [4.69, 9.17) is 16.7 Å². The first kappa shape index (κ1) is 26.4. The standard InChI is InChI=1S/C22H19ClF4N4O3S/c1-11(4-2-7-17(32)33)29-19-15(23)8-12(9-28-19)20(34)31-21-30-16(10-35-21)13-5-3-6-14(18(13)24)22(25,26)27/h3,5-6,8-11H,2,4,7H2,1H3,(H,28,29)(H,32,33)(H,30,31,34). The zero-order valence-electron chi connectivity index (χ0n) is 18.1. The number of thiazole rings is 1. The van der Waals surface area contributed by atoms with Crippen LogP contribution in [0, 0.1) is 5.82 Å². The molecule has 0 spiro atoms. The van der Waals surface area contributed by atoms with Gasteiger partial charge in [-0.15, -0.1) is 11.3 Å². The van der Waals surface area contributed by atoms with Crippen molar-refractivity contribution in [3.05, 3.63) is 57.8 Å². The summed E-state index contributed by atoms with van der Waals surface area (Å²) in [6, 6.07) is 4.15. The van der Waals surface area contributed by atoms with Crippen LogP contribution in [-0.2, 0) is 11.0 Å². The quantitative estimate of drug-likeness (QED) is 0.279. The molecule has 0 saturated heterocycles. The molecule has 0 saturated carbocycles. The number of alkyl halides is 3. The molecule has 1 atom stereocenters. The maximum atomic E-state index is 14.4. The van der Waals surface area contributed by atoms with Crippen LogP contribution in [0.4, 0.5) is 28.5 Å². The molecule has 35 heavy (non-hydrogen) atoms. The van der Waals surface area contributed by atoms with Gasteiger partial charge in [0.15, 0.2) is 5.13 Å². The van der Waals surface area contributed by atoms with Crippen LogP contribution in [-0.4, -0.2) is 33.0 Å². The number of amides is 1. The minimum atomic E-state index is -4.85. The molecule has 2 heterocycles. The molecule has 186 valence electrons. The molecule has 0 aliphatic heterocycles. The molecule has 2 aromatic heterocycles. The number of aliphatic carboxylic acids is 1. The molecule has 0 aliphatic carbocycles. The summed E-state index contributed by atoms with van der Waals surface area (Å²) in [4.78, 5) is 31.3. The second-order valence-corrected chi connectivity index (χ2v) is 8.81. The first-order valence-electron chi connectivity index (χ1n) is 10.2. The Hall–Kier alpha value is -3.25. The fourth-order valence-electron chi connectivity index (χ4n) is 3.11. The smallest absolute Gasteiger partial charge is 0.419 e. The average Bonchev–Trinajstić information content (AvgIpc) is 3.22. The third-order valence-corrected chi connectivity index (χ3v) is 5.86. The van der Waals surface area contributed by atoms with E-state index in [2.05, 4.69) is 20.6 Å². The topological polar surface area (TPSA) is 104 Å². The number of carbonyl (C=O) groups excluding carboxylic acids is 1. The molecular weight excluding hydrogens is 512 g/mol. The van der Waals surface area contributed by atoms with E-state index < -0.39 is 29.4 Å². The molecule has 0 fully saturated rings. The zero-order chi connectivity index (χ0) is 25.8. The highest BCUT2D eigenvalue weighted by atomic mass is 35.5. The zero-order valence-corrected chi connectivity index (χ0v) is 19.7. The predicted octanol–water partition coefficient (Wildman–Crippen LogP) is 6.32. The van der Waals surface area contributed by atoms with Crippen LogP contribution < -0.4 is 10.6 Å². The molecule has 0 bridgehead atoms. The van der Waals surface area contributed by atoms with Crippen molar-refractivity contribution in [3.8, 4) is 11.3 Å². The van der Waals surface area contributed by atoms with Crippen molar-refractivity contribution in [2.24, 2.45) is 0 Å². The predicted molar refractivity (Wildman–Crippen MR) is 124 cm³/mol. The first-order chi connectivity index (χ1) is 16.5. The Morgan fingerprint density at radius 1 is 1.29 bits per heavy atom. The average molecular weight is 531 g/mol. The van der Waals surface area contributed by atoms with Crippen LogP contribution in [0.25, 0.3) is 11.3 Å². The number of hydrogen-bond donors (Lipinski definition) is 3. The second kappa shape index (κ2) is 11.0. The molecule has 1 aromatic carbocycles. The van der Waals surface area contributed by atoms with Gasteiger partial charge in [-0.25, -0.2) is 14.4 Å². The molecule has 7 nitrogen and oxygen atoms in total. The van der Waals surface area contributed by atoms with Gasteiger partial charge in [0.2, 0.25) is 0 Å². The lowest BCUT2D eigenvalue weighted by Gasteiger charge is -2.15. The van der Waals surface area contributed by atoms with Crippen molar-refractivity contribution in [2.45, 2.75) is 38.4 Å². The number of rotatable bonds is 9. The Labute approximate surface area is 206 Å². The van der Waals surface area contributed by atoms with Crippen LogP contribution in [0.3, 0.4) is 0 Å². The molecule has 3 rings (SSSR count). The SMILES string of the molecule is CC(CCCC(=O)O)Nc1ncc(C(=O)Nc2nc(-c3cccc(C(F)(F)F)c3F)cs2)cc1Cl. The molecular formula is C22H19ClF4N4O3S. The lowest BCUT2D eigenvalue weighted by Crippen LogP contribution is -2.17. The summed E-state index contributed by atoms with van der Waals surface area (Å²) in [5, 5.41) is 15.8. The van der Waals surface area contributed by atoms with Gasteiger partial charge in [0.05, 0.1) is 21.8 Å². The minimum Gasteiger partial charge on any atom is -0.481 e. The summed E-state index contributed by atoms with van der Waals surface area (Å²) in [6.07, 6.45) is -2.48. The van der Waals surface area contributed by atoms with Crippen LogP contribution >= 0.6 is 22.9 Å². The van der Waals surface area contributed by atoms with Crippen LogP contribution in [0.1, 0.15) is 42.1 Å². The first-order valence-corrected chi connectivity index (χ1v) is 11.5. The maximum absolute atomic E-state index is 14.4. The van der Waals surface area contributed by atoms with Gasteiger partial charge >= 0.3 is 12.1 Å². The molecule has 1 unspecified atom stereocenters. The van der Waals surface area contributed by atoms with E-state index in [0.29, 0.717) is 24.7 Å². The van der Waals surface area contributed by atoms with Crippen molar-refractivity contribution in [3.63, 3.8) is 0 Å². The van der Waals surface area contributed by atoms with E-state index in [1.54, 1.807) is 0 Å². The lowest BCUT2D eigenvalue weighted by atomic mass is 10.1. The van der Waals surface area contributed by atoms with E-state index in [-0.39, 0.29) is 39.4 Å². The number of benzene rings is 1. The molecule has 3 aromatic rings. The van der Waals surface area contributed by atoms with Gasteiger partial charge in [-0.3, -0.25) is 14.9 Å². The summed E-state index contributed by atoms with van der Waals surface area (Å²) in [7, 11) is 0. The Balaban J connectivity index is 1.67. The van der Waals surface area contributed by atoms with Crippen LogP contribution in [0.2, 0.25) is 5.02 Å². The van der Waals surface area contributed by atoms with Crippen molar-refractivity contribution in [1.29, 1.82) is 0 Å². The van der Waals surface area contributed by atoms with Gasteiger partial charge in [0.25, 0.3) is 5.91 Å². The van der Waals surface area contributed by atoms with E-state index in [1.165, 1.54) is 23.7 Å². The second-order valence-electron chi connectivity index (χ2n) is 7.54. The third-order valence-electron chi connectivity index (χ3n) is 4.82. The summed E-state index contributed by atoms with van der Waals surface area (Å²) < 4.78 is 53.3. The Morgan fingerprint density at radius 2 is 2.03 bits per heavy atom. The number of anilines is 2. The Morgan fingerprint density at radius 3 is 2.69 bits per heavy atom. The number of nitrogens with zero attached hydrogens (tertiary/aromatic N) is 2. The highest BCUT2D eigenvalue weighted by Gasteiger charge is 2.35. The molecule has 0 radical (unpaired) electrons.